The SMILES string of the molecule is CCCS(=O)(=O)CCC(=O)c1ccc(N)c(Br)c1. The van der Waals surface area contributed by atoms with Crippen molar-refractivity contribution in [2.24, 2.45) is 0 Å². The van der Waals surface area contributed by atoms with Gasteiger partial charge in [-0.3, -0.25) is 4.79 Å². The Morgan fingerprint density at radius 1 is 1.33 bits per heavy atom. The summed E-state index contributed by atoms with van der Waals surface area (Å²) in [5.74, 6) is -0.150. The molecule has 0 bridgehead atoms. The molecular formula is C12H16BrNO3S. The van der Waals surface area contributed by atoms with Gasteiger partial charge in [0.25, 0.3) is 0 Å². The maximum absolute atomic E-state index is 11.8. The van der Waals surface area contributed by atoms with Crippen molar-refractivity contribution in [3.8, 4) is 0 Å². The topological polar surface area (TPSA) is 77.2 Å². The van der Waals surface area contributed by atoms with E-state index in [4.69, 9.17) is 5.73 Å². The minimum Gasteiger partial charge on any atom is -0.398 e. The molecule has 0 heterocycles. The van der Waals surface area contributed by atoms with Gasteiger partial charge in [0.2, 0.25) is 0 Å². The zero-order valence-corrected chi connectivity index (χ0v) is 12.6. The van der Waals surface area contributed by atoms with Crippen LogP contribution < -0.4 is 5.73 Å². The third-order valence-corrected chi connectivity index (χ3v) is 5.02. The standard InChI is InChI=1S/C12H16BrNO3S/c1-2-6-18(16,17)7-5-12(15)9-3-4-11(14)10(13)8-9/h3-4,8H,2,5-7,14H2,1H3. The Balaban J connectivity index is 2.69. The molecule has 1 aromatic rings. The zero-order valence-electron chi connectivity index (χ0n) is 10.1. The number of nitrogen functional groups attached to an aromatic ring is 1. The van der Waals surface area contributed by atoms with Crippen molar-refractivity contribution in [3.05, 3.63) is 28.2 Å². The van der Waals surface area contributed by atoms with Crippen molar-refractivity contribution in [2.75, 3.05) is 17.2 Å². The van der Waals surface area contributed by atoms with Crippen molar-refractivity contribution in [1.29, 1.82) is 0 Å². The number of Topliss-reactive ketones (excluding diaryl/α,β-unsaturated/α-hetero) is 1. The Morgan fingerprint density at radius 2 is 2.00 bits per heavy atom. The summed E-state index contributed by atoms with van der Waals surface area (Å²) in [6, 6.07) is 4.84. The van der Waals surface area contributed by atoms with Crippen LogP contribution >= 0.6 is 15.9 Å². The highest BCUT2D eigenvalue weighted by Crippen LogP contribution is 2.21. The van der Waals surface area contributed by atoms with Gasteiger partial charge < -0.3 is 5.73 Å². The molecule has 0 amide bonds. The molecule has 0 fully saturated rings. The van der Waals surface area contributed by atoms with Crippen molar-refractivity contribution in [3.63, 3.8) is 0 Å². The fourth-order valence-corrected chi connectivity index (χ4v) is 3.21. The summed E-state index contributed by atoms with van der Waals surface area (Å²) in [5, 5.41) is 0. The summed E-state index contributed by atoms with van der Waals surface area (Å²) in [6.07, 6.45) is 0.586. The predicted octanol–water partition coefficient (Wildman–Crippen LogP) is 2.43. The molecule has 18 heavy (non-hydrogen) atoms. The van der Waals surface area contributed by atoms with E-state index >= 15 is 0 Å². The number of hydrogen-bond acceptors (Lipinski definition) is 4. The van der Waals surface area contributed by atoms with Gasteiger partial charge in [-0.2, -0.15) is 0 Å². The van der Waals surface area contributed by atoms with E-state index in [1.54, 1.807) is 25.1 Å². The minimum absolute atomic E-state index is 0.0126. The molecule has 0 spiro atoms. The van der Waals surface area contributed by atoms with Gasteiger partial charge >= 0.3 is 0 Å². The van der Waals surface area contributed by atoms with Crippen LogP contribution in [0.15, 0.2) is 22.7 Å². The van der Waals surface area contributed by atoms with E-state index in [0.29, 0.717) is 22.1 Å². The molecule has 0 radical (unpaired) electrons. The minimum atomic E-state index is -3.11. The molecular weight excluding hydrogens is 318 g/mol. The molecule has 0 aromatic heterocycles. The monoisotopic (exact) mass is 333 g/mol. The van der Waals surface area contributed by atoms with Gasteiger partial charge in [-0.05, 0) is 40.5 Å². The van der Waals surface area contributed by atoms with Crippen LogP contribution in [0.1, 0.15) is 30.1 Å². The van der Waals surface area contributed by atoms with Gasteiger partial charge in [-0.15, -0.1) is 0 Å². The lowest BCUT2D eigenvalue weighted by molar-refractivity contribution is 0.0988. The zero-order chi connectivity index (χ0) is 13.8. The van der Waals surface area contributed by atoms with Crippen molar-refractivity contribution < 1.29 is 13.2 Å². The smallest absolute Gasteiger partial charge is 0.163 e. The predicted molar refractivity (Wildman–Crippen MR) is 76.4 cm³/mol. The highest BCUT2D eigenvalue weighted by molar-refractivity contribution is 9.10. The van der Waals surface area contributed by atoms with E-state index in [-0.39, 0.29) is 23.7 Å². The normalized spacial score (nSPS) is 11.4. The number of anilines is 1. The maximum Gasteiger partial charge on any atom is 0.163 e. The first kappa shape index (κ1) is 15.2. The van der Waals surface area contributed by atoms with Gasteiger partial charge in [0.15, 0.2) is 15.6 Å². The molecule has 100 valence electrons. The van der Waals surface area contributed by atoms with Gasteiger partial charge in [0, 0.05) is 27.9 Å². The second-order valence-corrected chi connectivity index (χ2v) is 7.22. The lowest BCUT2D eigenvalue weighted by Gasteiger charge is -2.04. The number of carbonyl (C=O) groups excluding carboxylic acids is 1. The Labute approximate surface area is 116 Å². The summed E-state index contributed by atoms with van der Waals surface area (Å²) in [4.78, 5) is 11.8. The third kappa shape index (κ3) is 4.42. The first-order chi connectivity index (χ1) is 8.35. The lowest BCUT2D eigenvalue weighted by Crippen LogP contribution is -2.14. The number of hydrogen-bond donors (Lipinski definition) is 1. The second-order valence-electron chi connectivity index (χ2n) is 4.06. The van der Waals surface area contributed by atoms with Gasteiger partial charge in [-0.1, -0.05) is 6.92 Å². The van der Waals surface area contributed by atoms with Crippen LogP contribution in [0.2, 0.25) is 0 Å². The van der Waals surface area contributed by atoms with E-state index in [1.807, 2.05) is 0 Å². The van der Waals surface area contributed by atoms with Gasteiger partial charge in [0.1, 0.15) is 0 Å². The fraction of sp³-hybridized carbons (Fsp3) is 0.417. The van der Waals surface area contributed by atoms with E-state index in [2.05, 4.69) is 15.9 Å². The molecule has 0 unspecified atom stereocenters. The van der Waals surface area contributed by atoms with Crippen LogP contribution in [-0.4, -0.2) is 25.7 Å². The van der Waals surface area contributed by atoms with Crippen molar-refractivity contribution in [1.82, 2.24) is 0 Å². The van der Waals surface area contributed by atoms with Crippen LogP contribution in [0.25, 0.3) is 0 Å². The Bertz CT molecular complexity index is 540. The number of ketones is 1. The Hall–Kier alpha value is -0.880. The fourth-order valence-electron chi connectivity index (χ4n) is 1.51. The summed E-state index contributed by atoms with van der Waals surface area (Å²) in [6.45, 7) is 1.80. The Morgan fingerprint density at radius 3 is 2.56 bits per heavy atom. The lowest BCUT2D eigenvalue weighted by atomic mass is 10.1. The van der Waals surface area contributed by atoms with E-state index in [0.717, 1.165) is 0 Å². The van der Waals surface area contributed by atoms with Crippen LogP contribution in [0.3, 0.4) is 0 Å². The number of benzene rings is 1. The first-order valence-corrected chi connectivity index (χ1v) is 8.26. The molecule has 0 aliphatic heterocycles. The average molecular weight is 334 g/mol. The molecule has 0 saturated heterocycles. The van der Waals surface area contributed by atoms with Crippen LogP contribution in [0.4, 0.5) is 5.69 Å². The molecule has 0 aliphatic carbocycles. The molecule has 4 nitrogen and oxygen atoms in total. The average Bonchev–Trinajstić information content (AvgIpc) is 2.30. The molecule has 1 rings (SSSR count). The van der Waals surface area contributed by atoms with Gasteiger partial charge in [-0.25, -0.2) is 8.42 Å². The van der Waals surface area contributed by atoms with E-state index in [9.17, 15) is 13.2 Å². The summed E-state index contributed by atoms with van der Waals surface area (Å²) < 4.78 is 23.7. The van der Waals surface area contributed by atoms with Crippen molar-refractivity contribution >= 4 is 37.2 Å². The van der Waals surface area contributed by atoms with E-state index < -0.39 is 9.84 Å². The first-order valence-electron chi connectivity index (χ1n) is 5.64. The quantitative estimate of drug-likeness (QED) is 0.640. The second kappa shape index (κ2) is 6.33. The summed E-state index contributed by atoms with van der Waals surface area (Å²) in [5.41, 5.74) is 6.64. The molecule has 0 saturated carbocycles. The van der Waals surface area contributed by atoms with Crippen molar-refractivity contribution in [2.45, 2.75) is 19.8 Å². The van der Waals surface area contributed by atoms with Gasteiger partial charge in [0.05, 0.1) is 5.75 Å². The highest BCUT2D eigenvalue weighted by atomic mass is 79.9. The molecule has 2 N–H and O–H groups in total. The largest absolute Gasteiger partial charge is 0.398 e. The summed E-state index contributed by atoms with van der Waals surface area (Å²) in [7, 11) is -3.11. The number of sulfone groups is 1. The van der Waals surface area contributed by atoms with Crippen LogP contribution in [-0.2, 0) is 9.84 Å². The number of nitrogens with two attached hydrogens (primary N) is 1. The molecule has 0 atom stereocenters. The van der Waals surface area contributed by atoms with Crippen LogP contribution in [0.5, 0.6) is 0 Å². The molecule has 6 heteroatoms. The molecule has 1 aromatic carbocycles. The summed E-state index contributed by atoms with van der Waals surface area (Å²) >= 11 is 3.23. The van der Waals surface area contributed by atoms with Crippen LogP contribution in [0, 0.1) is 0 Å². The van der Waals surface area contributed by atoms with E-state index in [1.165, 1.54) is 0 Å². The third-order valence-electron chi connectivity index (χ3n) is 2.48. The molecule has 0 aliphatic rings. The number of rotatable bonds is 6. The number of halogens is 1. The highest BCUT2D eigenvalue weighted by Gasteiger charge is 2.14. The number of carbonyl (C=O) groups is 1. The maximum atomic E-state index is 11.8. The Kier molecular flexibility index (Phi) is 5.34.